The molecule has 0 bridgehead atoms. The minimum absolute atomic E-state index is 0.0331. The third-order valence-electron chi connectivity index (χ3n) is 3.61. The van der Waals surface area contributed by atoms with Crippen molar-refractivity contribution in [3.05, 3.63) is 64.6 Å². The Balaban J connectivity index is 1.68. The summed E-state index contributed by atoms with van der Waals surface area (Å²) in [5.74, 6) is -0.125. The van der Waals surface area contributed by atoms with E-state index in [-0.39, 0.29) is 17.9 Å². The summed E-state index contributed by atoms with van der Waals surface area (Å²) < 4.78 is 0.855. The van der Waals surface area contributed by atoms with Crippen LogP contribution in [0, 0.1) is 0 Å². The van der Waals surface area contributed by atoms with Crippen LogP contribution in [0.25, 0.3) is 0 Å². The number of anilines is 1. The Bertz CT molecular complexity index is 703. The van der Waals surface area contributed by atoms with Crippen molar-refractivity contribution in [2.24, 2.45) is 0 Å². The van der Waals surface area contributed by atoms with E-state index < -0.39 is 0 Å². The molecule has 0 aliphatic carbocycles. The smallest absolute Gasteiger partial charge is 0.251 e. The third-order valence-corrected chi connectivity index (χ3v) is 4.11. The Morgan fingerprint density at radius 2 is 1.91 bits per heavy atom. The van der Waals surface area contributed by atoms with E-state index in [1.54, 1.807) is 17.0 Å². The van der Waals surface area contributed by atoms with Crippen LogP contribution in [0.3, 0.4) is 0 Å². The van der Waals surface area contributed by atoms with Gasteiger partial charge in [-0.05, 0) is 30.3 Å². The maximum atomic E-state index is 12.2. The van der Waals surface area contributed by atoms with Gasteiger partial charge in [0.15, 0.2) is 0 Å². The SMILES string of the molecule is O=C(N[C@H]1CC(=O)N(c2ccccc2)C1)c1cccc(Br)c1. The highest BCUT2D eigenvalue weighted by Gasteiger charge is 2.31. The van der Waals surface area contributed by atoms with Crippen LogP contribution < -0.4 is 10.2 Å². The third kappa shape index (κ3) is 3.20. The van der Waals surface area contributed by atoms with E-state index in [1.807, 2.05) is 42.5 Å². The van der Waals surface area contributed by atoms with Crippen molar-refractivity contribution in [1.82, 2.24) is 5.32 Å². The average Bonchev–Trinajstić information content (AvgIpc) is 2.88. The molecule has 22 heavy (non-hydrogen) atoms. The zero-order valence-electron chi connectivity index (χ0n) is 11.8. The first-order valence-corrected chi connectivity index (χ1v) is 7.84. The van der Waals surface area contributed by atoms with E-state index in [2.05, 4.69) is 21.2 Å². The molecule has 1 aliphatic heterocycles. The Kier molecular flexibility index (Phi) is 4.24. The molecule has 1 saturated heterocycles. The maximum Gasteiger partial charge on any atom is 0.251 e. The molecule has 1 atom stereocenters. The Morgan fingerprint density at radius 1 is 1.14 bits per heavy atom. The first-order chi connectivity index (χ1) is 10.6. The lowest BCUT2D eigenvalue weighted by molar-refractivity contribution is -0.117. The molecule has 2 aromatic carbocycles. The molecule has 1 N–H and O–H groups in total. The topological polar surface area (TPSA) is 49.4 Å². The van der Waals surface area contributed by atoms with Gasteiger partial charge in [0, 0.05) is 28.7 Å². The van der Waals surface area contributed by atoms with Crippen LogP contribution in [0.2, 0.25) is 0 Å². The highest BCUT2D eigenvalue weighted by molar-refractivity contribution is 9.10. The maximum absolute atomic E-state index is 12.2. The van der Waals surface area contributed by atoms with Gasteiger partial charge in [-0.25, -0.2) is 0 Å². The van der Waals surface area contributed by atoms with Crippen molar-refractivity contribution in [2.45, 2.75) is 12.5 Å². The van der Waals surface area contributed by atoms with E-state index in [0.29, 0.717) is 18.5 Å². The molecule has 2 aromatic rings. The summed E-state index contributed by atoms with van der Waals surface area (Å²) in [6.07, 6.45) is 0.328. The minimum atomic E-state index is -0.167. The molecule has 0 spiro atoms. The normalized spacial score (nSPS) is 17.6. The zero-order valence-corrected chi connectivity index (χ0v) is 13.4. The number of para-hydroxylation sites is 1. The first-order valence-electron chi connectivity index (χ1n) is 7.05. The fourth-order valence-corrected chi connectivity index (χ4v) is 2.96. The van der Waals surface area contributed by atoms with E-state index in [0.717, 1.165) is 10.2 Å². The second-order valence-corrected chi connectivity index (χ2v) is 6.14. The van der Waals surface area contributed by atoms with Crippen molar-refractivity contribution in [3.63, 3.8) is 0 Å². The van der Waals surface area contributed by atoms with Crippen molar-refractivity contribution in [3.8, 4) is 0 Å². The number of carbonyl (C=O) groups is 2. The Hall–Kier alpha value is -2.14. The average molecular weight is 359 g/mol. The fraction of sp³-hybridized carbons (Fsp3) is 0.176. The largest absolute Gasteiger partial charge is 0.347 e. The van der Waals surface area contributed by atoms with Gasteiger partial charge in [-0.2, -0.15) is 0 Å². The first kappa shape index (κ1) is 14.8. The summed E-state index contributed by atoms with van der Waals surface area (Å²) in [6, 6.07) is 16.5. The van der Waals surface area contributed by atoms with Gasteiger partial charge in [0.05, 0.1) is 6.04 Å². The second kappa shape index (κ2) is 6.32. The van der Waals surface area contributed by atoms with Crippen LogP contribution in [0.4, 0.5) is 5.69 Å². The molecule has 3 rings (SSSR count). The summed E-state index contributed by atoms with van der Waals surface area (Å²) in [4.78, 5) is 26.1. The molecule has 0 aromatic heterocycles. The number of benzene rings is 2. The number of hydrogen-bond acceptors (Lipinski definition) is 2. The van der Waals surface area contributed by atoms with Gasteiger partial charge in [-0.3, -0.25) is 9.59 Å². The van der Waals surface area contributed by atoms with E-state index in [1.165, 1.54) is 0 Å². The van der Waals surface area contributed by atoms with Gasteiger partial charge in [0.2, 0.25) is 5.91 Å². The number of hydrogen-bond donors (Lipinski definition) is 1. The summed E-state index contributed by atoms with van der Waals surface area (Å²) in [5.41, 5.74) is 1.45. The molecule has 5 heteroatoms. The second-order valence-electron chi connectivity index (χ2n) is 5.22. The van der Waals surface area contributed by atoms with Gasteiger partial charge in [-0.15, -0.1) is 0 Å². The van der Waals surface area contributed by atoms with Crippen LogP contribution in [0.1, 0.15) is 16.8 Å². The van der Waals surface area contributed by atoms with Crippen molar-refractivity contribution in [2.75, 3.05) is 11.4 Å². The van der Waals surface area contributed by atoms with E-state index in [9.17, 15) is 9.59 Å². The molecule has 112 valence electrons. The van der Waals surface area contributed by atoms with Crippen molar-refractivity contribution in [1.29, 1.82) is 0 Å². The number of nitrogens with one attached hydrogen (secondary N) is 1. The quantitative estimate of drug-likeness (QED) is 0.916. The molecule has 0 unspecified atom stereocenters. The Labute approximate surface area is 137 Å². The van der Waals surface area contributed by atoms with Crippen LogP contribution >= 0.6 is 15.9 Å². The predicted octanol–water partition coefficient (Wildman–Crippen LogP) is 2.98. The van der Waals surface area contributed by atoms with Crippen molar-refractivity contribution < 1.29 is 9.59 Å². The lowest BCUT2D eigenvalue weighted by Crippen LogP contribution is -2.37. The van der Waals surface area contributed by atoms with Gasteiger partial charge in [-0.1, -0.05) is 40.2 Å². The molecule has 4 nitrogen and oxygen atoms in total. The van der Waals surface area contributed by atoms with Gasteiger partial charge < -0.3 is 10.2 Å². The summed E-state index contributed by atoms with van der Waals surface area (Å²) in [5, 5.41) is 2.93. The number of carbonyl (C=O) groups excluding carboxylic acids is 2. The molecular formula is C17H15BrN2O2. The molecule has 1 fully saturated rings. The monoisotopic (exact) mass is 358 g/mol. The zero-order chi connectivity index (χ0) is 15.5. The Morgan fingerprint density at radius 3 is 2.64 bits per heavy atom. The number of amides is 2. The molecule has 0 radical (unpaired) electrons. The standard InChI is InChI=1S/C17H15BrN2O2/c18-13-6-4-5-12(9-13)17(22)19-14-10-16(21)20(11-14)15-7-2-1-3-8-15/h1-9,14H,10-11H2,(H,19,22)/t14-/m0/s1. The lowest BCUT2D eigenvalue weighted by atomic mass is 10.2. The van der Waals surface area contributed by atoms with Crippen molar-refractivity contribution >= 4 is 33.4 Å². The molecular weight excluding hydrogens is 344 g/mol. The highest BCUT2D eigenvalue weighted by Crippen LogP contribution is 2.21. The van der Waals surface area contributed by atoms with Gasteiger partial charge >= 0.3 is 0 Å². The summed E-state index contributed by atoms with van der Waals surface area (Å²) in [6.45, 7) is 0.503. The van der Waals surface area contributed by atoms with Gasteiger partial charge in [0.1, 0.15) is 0 Å². The van der Waals surface area contributed by atoms with Gasteiger partial charge in [0.25, 0.3) is 5.91 Å². The number of nitrogens with zero attached hydrogens (tertiary/aromatic N) is 1. The molecule has 1 aliphatic rings. The summed E-state index contributed by atoms with van der Waals surface area (Å²) in [7, 11) is 0. The fourth-order valence-electron chi connectivity index (χ4n) is 2.56. The molecule has 0 saturated carbocycles. The van der Waals surface area contributed by atoms with Crippen LogP contribution in [-0.4, -0.2) is 24.4 Å². The van der Waals surface area contributed by atoms with Crippen LogP contribution in [0.5, 0.6) is 0 Å². The van der Waals surface area contributed by atoms with Crippen LogP contribution in [-0.2, 0) is 4.79 Å². The summed E-state index contributed by atoms with van der Waals surface area (Å²) >= 11 is 3.35. The number of halogens is 1. The number of rotatable bonds is 3. The minimum Gasteiger partial charge on any atom is -0.347 e. The van der Waals surface area contributed by atoms with E-state index >= 15 is 0 Å². The molecule has 2 amide bonds. The highest BCUT2D eigenvalue weighted by atomic mass is 79.9. The molecule has 1 heterocycles. The predicted molar refractivity (Wildman–Crippen MR) is 88.8 cm³/mol. The van der Waals surface area contributed by atoms with E-state index in [4.69, 9.17) is 0 Å². The lowest BCUT2D eigenvalue weighted by Gasteiger charge is -2.17. The van der Waals surface area contributed by atoms with Crippen LogP contribution in [0.15, 0.2) is 59.1 Å².